The van der Waals surface area contributed by atoms with Crippen molar-refractivity contribution in [3.05, 3.63) is 52.2 Å². The lowest BCUT2D eigenvalue weighted by atomic mass is 10.2. The van der Waals surface area contributed by atoms with Gasteiger partial charge in [-0.25, -0.2) is 0 Å². The molecule has 1 aromatic carbocycles. The second-order valence-electron chi connectivity index (χ2n) is 4.59. The van der Waals surface area contributed by atoms with Crippen molar-refractivity contribution in [3.8, 4) is 6.07 Å². The Bertz CT molecular complexity index is 672. The van der Waals surface area contributed by atoms with Crippen LogP contribution in [0.25, 0.3) is 0 Å². The van der Waals surface area contributed by atoms with E-state index in [4.69, 9.17) is 5.26 Å². The normalized spacial score (nSPS) is 9.77. The zero-order valence-electron chi connectivity index (χ0n) is 11.8. The lowest BCUT2D eigenvalue weighted by Crippen LogP contribution is -2.24. The Kier molecular flexibility index (Phi) is 5.69. The van der Waals surface area contributed by atoms with Crippen molar-refractivity contribution in [3.63, 3.8) is 0 Å². The third-order valence-corrected chi connectivity index (χ3v) is 3.79. The first-order valence-electron chi connectivity index (χ1n) is 6.76. The van der Waals surface area contributed by atoms with Crippen LogP contribution in [0.2, 0.25) is 0 Å². The molecule has 2 amide bonds. The lowest BCUT2D eigenvalue weighted by Gasteiger charge is -2.06. The van der Waals surface area contributed by atoms with E-state index in [0.717, 1.165) is 4.88 Å². The van der Waals surface area contributed by atoms with Crippen LogP contribution in [0.3, 0.4) is 0 Å². The Labute approximate surface area is 132 Å². The first kappa shape index (κ1) is 15.7. The molecule has 1 heterocycles. The zero-order chi connectivity index (χ0) is 15.8. The van der Waals surface area contributed by atoms with Crippen molar-refractivity contribution >= 4 is 28.8 Å². The molecule has 5 nitrogen and oxygen atoms in total. The molecule has 0 aliphatic heterocycles. The Morgan fingerprint density at radius 3 is 2.45 bits per heavy atom. The Balaban J connectivity index is 1.70. The molecule has 22 heavy (non-hydrogen) atoms. The van der Waals surface area contributed by atoms with Gasteiger partial charge in [-0.2, -0.15) is 5.26 Å². The van der Waals surface area contributed by atoms with Gasteiger partial charge in [0.2, 0.25) is 11.8 Å². The molecule has 0 unspecified atom stereocenters. The van der Waals surface area contributed by atoms with Crippen molar-refractivity contribution in [1.82, 2.24) is 5.32 Å². The Hall–Kier alpha value is -2.65. The summed E-state index contributed by atoms with van der Waals surface area (Å²) in [5.74, 6) is -0.376. The summed E-state index contributed by atoms with van der Waals surface area (Å²) in [5, 5.41) is 16.1. The van der Waals surface area contributed by atoms with Gasteiger partial charge in [0, 0.05) is 23.4 Å². The van der Waals surface area contributed by atoms with E-state index in [1.165, 1.54) is 0 Å². The van der Waals surface area contributed by atoms with Gasteiger partial charge in [0.1, 0.15) is 0 Å². The van der Waals surface area contributed by atoms with Crippen LogP contribution in [0.1, 0.15) is 23.3 Å². The summed E-state index contributed by atoms with van der Waals surface area (Å²) in [4.78, 5) is 24.5. The number of carbonyl (C=O) groups excluding carboxylic acids is 2. The van der Waals surface area contributed by atoms with Crippen molar-refractivity contribution < 1.29 is 9.59 Å². The molecule has 0 aliphatic carbocycles. The fourth-order valence-corrected chi connectivity index (χ4v) is 2.41. The monoisotopic (exact) mass is 313 g/mol. The van der Waals surface area contributed by atoms with Crippen molar-refractivity contribution in [2.45, 2.75) is 19.4 Å². The van der Waals surface area contributed by atoms with Crippen LogP contribution in [0.4, 0.5) is 5.69 Å². The summed E-state index contributed by atoms with van der Waals surface area (Å²) < 4.78 is 0. The zero-order valence-corrected chi connectivity index (χ0v) is 12.7. The molecule has 1 aromatic heterocycles. The molecule has 0 radical (unpaired) electrons. The number of rotatable bonds is 6. The number of hydrogen-bond acceptors (Lipinski definition) is 4. The molecule has 6 heteroatoms. The van der Waals surface area contributed by atoms with E-state index < -0.39 is 0 Å². The molecule has 0 bridgehead atoms. The number of hydrogen-bond donors (Lipinski definition) is 2. The van der Waals surface area contributed by atoms with Crippen LogP contribution in [0, 0.1) is 11.3 Å². The maximum absolute atomic E-state index is 11.8. The molecule has 2 rings (SSSR count). The summed E-state index contributed by atoms with van der Waals surface area (Å²) in [6.45, 7) is 0.494. The van der Waals surface area contributed by atoms with Crippen LogP contribution in [0.15, 0.2) is 41.8 Å². The number of carbonyl (C=O) groups is 2. The van der Waals surface area contributed by atoms with Gasteiger partial charge in [0.15, 0.2) is 0 Å². The highest BCUT2D eigenvalue weighted by atomic mass is 32.1. The topological polar surface area (TPSA) is 82.0 Å². The highest BCUT2D eigenvalue weighted by Gasteiger charge is 2.07. The third kappa shape index (κ3) is 5.04. The molecular formula is C16H15N3O2S. The van der Waals surface area contributed by atoms with Gasteiger partial charge in [0.05, 0.1) is 18.2 Å². The number of anilines is 1. The van der Waals surface area contributed by atoms with Crippen molar-refractivity contribution in [2.75, 3.05) is 5.32 Å². The van der Waals surface area contributed by atoms with Crippen LogP contribution in [-0.2, 0) is 16.1 Å². The number of nitriles is 1. The van der Waals surface area contributed by atoms with Gasteiger partial charge in [-0.15, -0.1) is 11.3 Å². The minimum absolute atomic E-state index is 0.121. The molecule has 0 aliphatic rings. The molecule has 2 aromatic rings. The van der Waals surface area contributed by atoms with E-state index in [2.05, 4.69) is 10.6 Å². The summed E-state index contributed by atoms with van der Waals surface area (Å²) in [5.41, 5.74) is 1.15. The van der Waals surface area contributed by atoms with Crippen LogP contribution < -0.4 is 10.6 Å². The summed E-state index contributed by atoms with van der Waals surface area (Å²) in [7, 11) is 0. The Morgan fingerprint density at radius 1 is 1.09 bits per heavy atom. The van der Waals surface area contributed by atoms with Crippen LogP contribution in [0.5, 0.6) is 0 Å². The number of amides is 2. The van der Waals surface area contributed by atoms with Gasteiger partial charge in [0.25, 0.3) is 0 Å². The number of thiophene rings is 1. The Morgan fingerprint density at radius 2 is 1.82 bits per heavy atom. The van der Waals surface area contributed by atoms with E-state index in [-0.39, 0.29) is 24.7 Å². The standard InChI is InChI=1S/C16H15N3O2S/c17-10-12-3-5-13(6-4-12)19-16(21)8-7-15(20)18-11-14-2-1-9-22-14/h1-6,9H,7-8,11H2,(H,18,20)(H,19,21). The molecule has 0 saturated heterocycles. The van der Waals surface area contributed by atoms with Gasteiger partial charge in [-0.1, -0.05) is 6.07 Å². The number of nitrogens with zero attached hydrogens (tertiary/aromatic N) is 1. The average Bonchev–Trinajstić information content (AvgIpc) is 3.05. The SMILES string of the molecule is N#Cc1ccc(NC(=O)CCC(=O)NCc2cccs2)cc1. The number of benzene rings is 1. The van der Waals surface area contributed by atoms with E-state index in [1.54, 1.807) is 35.6 Å². The van der Waals surface area contributed by atoms with E-state index in [1.807, 2.05) is 23.6 Å². The second-order valence-corrected chi connectivity index (χ2v) is 5.63. The first-order chi connectivity index (χ1) is 10.7. The molecular weight excluding hydrogens is 298 g/mol. The van der Waals surface area contributed by atoms with Gasteiger partial charge in [-0.3, -0.25) is 9.59 Å². The van der Waals surface area contributed by atoms with Gasteiger partial charge >= 0.3 is 0 Å². The van der Waals surface area contributed by atoms with E-state index in [0.29, 0.717) is 17.8 Å². The quantitative estimate of drug-likeness (QED) is 0.860. The predicted octanol–water partition coefficient (Wildman–Crippen LogP) is 2.65. The highest BCUT2D eigenvalue weighted by molar-refractivity contribution is 7.09. The van der Waals surface area contributed by atoms with Gasteiger partial charge < -0.3 is 10.6 Å². The molecule has 0 spiro atoms. The average molecular weight is 313 g/mol. The maximum atomic E-state index is 11.8. The molecule has 112 valence electrons. The molecule has 0 saturated carbocycles. The predicted molar refractivity (Wildman–Crippen MR) is 85.2 cm³/mol. The minimum Gasteiger partial charge on any atom is -0.351 e. The van der Waals surface area contributed by atoms with E-state index >= 15 is 0 Å². The van der Waals surface area contributed by atoms with E-state index in [9.17, 15) is 9.59 Å². The summed E-state index contributed by atoms with van der Waals surface area (Å²) in [6, 6.07) is 12.5. The summed E-state index contributed by atoms with van der Waals surface area (Å²) in [6.07, 6.45) is 0.268. The second kappa shape index (κ2) is 7.96. The highest BCUT2D eigenvalue weighted by Crippen LogP contribution is 2.10. The lowest BCUT2D eigenvalue weighted by molar-refractivity contribution is -0.124. The molecule has 0 atom stereocenters. The smallest absolute Gasteiger partial charge is 0.224 e. The fourth-order valence-electron chi connectivity index (χ4n) is 1.77. The number of nitrogens with one attached hydrogen (secondary N) is 2. The van der Waals surface area contributed by atoms with Crippen LogP contribution in [-0.4, -0.2) is 11.8 Å². The summed E-state index contributed by atoms with van der Waals surface area (Å²) >= 11 is 1.58. The third-order valence-electron chi connectivity index (χ3n) is 2.92. The van der Waals surface area contributed by atoms with Crippen molar-refractivity contribution in [2.24, 2.45) is 0 Å². The first-order valence-corrected chi connectivity index (χ1v) is 7.64. The van der Waals surface area contributed by atoms with Crippen molar-refractivity contribution in [1.29, 1.82) is 5.26 Å². The van der Waals surface area contributed by atoms with Crippen LogP contribution >= 0.6 is 11.3 Å². The maximum Gasteiger partial charge on any atom is 0.224 e. The fraction of sp³-hybridized carbons (Fsp3) is 0.188. The molecule has 2 N–H and O–H groups in total. The van der Waals surface area contributed by atoms with Gasteiger partial charge in [-0.05, 0) is 35.7 Å². The molecule has 0 fully saturated rings. The minimum atomic E-state index is -0.226. The largest absolute Gasteiger partial charge is 0.351 e.